The highest BCUT2D eigenvalue weighted by atomic mass is 35.5. The summed E-state index contributed by atoms with van der Waals surface area (Å²) in [4.78, 5) is 9.25. The van der Waals surface area contributed by atoms with Crippen LogP contribution < -0.4 is 0 Å². The summed E-state index contributed by atoms with van der Waals surface area (Å²) in [7, 11) is 0. The first kappa shape index (κ1) is 35.6. The summed E-state index contributed by atoms with van der Waals surface area (Å²) in [5.41, 5.74) is -2.32. The molecule has 0 saturated heterocycles. The standard InChI is InChI=1S/C10H22O7.C6HCl5O.C3H4O2/c11-1-9(2-12,3-13)7-17-8-10(4-14,5-15)6-16;7-1-2(8)4(10)6(12)5(11)3(1)9;1-2-3(4)5/h11-16H,1-8H2;12H;2H,1H2,(H,4,5). The normalized spacial score (nSPS) is 11.1. The molecule has 0 radical (unpaired) electrons. The number of carboxylic acids is 1. The molecule has 0 amide bonds. The van der Waals surface area contributed by atoms with Gasteiger partial charge in [0.25, 0.3) is 0 Å². The smallest absolute Gasteiger partial charge is 0.327 e. The van der Waals surface area contributed by atoms with Crippen LogP contribution >= 0.6 is 58.0 Å². The van der Waals surface area contributed by atoms with Crippen LogP contribution in [-0.2, 0) is 9.53 Å². The van der Waals surface area contributed by atoms with Crippen LogP contribution in [0, 0.1) is 10.8 Å². The summed E-state index contributed by atoms with van der Waals surface area (Å²) in [5.74, 6) is -1.34. The Morgan fingerprint density at radius 3 is 1.15 bits per heavy atom. The number of halogens is 5. The minimum absolute atomic E-state index is 0.00904. The number of carboxylic acid groups (broad SMARTS) is 1. The zero-order valence-electron chi connectivity index (χ0n) is 17.7. The average molecular weight is 593 g/mol. The number of phenolic OH excluding ortho intramolecular Hbond substituents is 1. The van der Waals surface area contributed by atoms with Crippen LogP contribution in [0.5, 0.6) is 5.75 Å². The maximum absolute atomic E-state index is 9.25. The fourth-order valence-electron chi connectivity index (χ4n) is 1.65. The van der Waals surface area contributed by atoms with Crippen LogP contribution in [0.2, 0.25) is 25.1 Å². The molecule has 10 nitrogen and oxygen atoms in total. The highest BCUT2D eigenvalue weighted by Crippen LogP contribution is 2.47. The van der Waals surface area contributed by atoms with Crippen molar-refractivity contribution in [1.29, 1.82) is 0 Å². The first-order chi connectivity index (χ1) is 15.8. The molecule has 0 aliphatic carbocycles. The van der Waals surface area contributed by atoms with Crippen LogP contribution in [0.1, 0.15) is 0 Å². The Balaban J connectivity index is 0. The number of hydrogen-bond donors (Lipinski definition) is 8. The van der Waals surface area contributed by atoms with Gasteiger partial charge in [-0.3, -0.25) is 0 Å². The van der Waals surface area contributed by atoms with E-state index in [1.165, 1.54) is 0 Å². The van der Waals surface area contributed by atoms with E-state index in [4.69, 9.17) is 98.5 Å². The molecule has 15 heteroatoms. The van der Waals surface area contributed by atoms with Gasteiger partial charge in [0.2, 0.25) is 0 Å². The van der Waals surface area contributed by atoms with Gasteiger partial charge in [-0.1, -0.05) is 64.6 Å². The summed E-state index contributed by atoms with van der Waals surface area (Å²) in [6, 6.07) is 0. The van der Waals surface area contributed by atoms with Gasteiger partial charge in [-0.2, -0.15) is 0 Å². The second-order valence-electron chi connectivity index (χ2n) is 6.90. The molecular formula is C19H27Cl5O10. The van der Waals surface area contributed by atoms with Gasteiger partial charge in [-0.25, -0.2) is 4.79 Å². The number of hydrogen-bond acceptors (Lipinski definition) is 9. The highest BCUT2D eigenvalue weighted by Gasteiger charge is 2.32. The summed E-state index contributed by atoms with van der Waals surface area (Å²) >= 11 is 27.9. The second kappa shape index (κ2) is 17.8. The average Bonchev–Trinajstić information content (AvgIpc) is 2.87. The van der Waals surface area contributed by atoms with E-state index < -0.39 is 56.4 Å². The molecule has 1 aromatic rings. The Labute approximate surface area is 221 Å². The van der Waals surface area contributed by atoms with Crippen molar-refractivity contribution in [3.05, 3.63) is 37.8 Å². The molecule has 0 aliphatic heterocycles. The van der Waals surface area contributed by atoms with Gasteiger partial charge in [-0.15, -0.1) is 0 Å². The number of phenols is 1. The van der Waals surface area contributed by atoms with Crippen LogP contribution in [0.15, 0.2) is 12.7 Å². The highest BCUT2D eigenvalue weighted by molar-refractivity contribution is 6.55. The number of aliphatic hydroxyl groups excluding tert-OH is 6. The van der Waals surface area contributed by atoms with E-state index >= 15 is 0 Å². The molecule has 0 spiro atoms. The molecule has 0 fully saturated rings. The number of aliphatic carboxylic acids is 1. The van der Waals surface area contributed by atoms with Crippen molar-refractivity contribution >= 4 is 64.0 Å². The van der Waals surface area contributed by atoms with Gasteiger partial charge in [0.05, 0.1) is 78.8 Å². The number of ether oxygens (including phenoxy) is 1. The predicted molar refractivity (Wildman–Crippen MR) is 129 cm³/mol. The molecule has 0 aliphatic rings. The number of aliphatic hydroxyl groups is 6. The largest absolute Gasteiger partial charge is 0.505 e. The van der Waals surface area contributed by atoms with Crippen molar-refractivity contribution in [2.45, 2.75) is 0 Å². The third-order valence-corrected chi connectivity index (χ3v) is 6.45. The molecule has 34 heavy (non-hydrogen) atoms. The SMILES string of the molecule is C=CC(=O)O.OCC(CO)(CO)COCC(CO)(CO)CO.Oc1c(Cl)c(Cl)c(Cl)c(Cl)c1Cl. The van der Waals surface area contributed by atoms with Crippen LogP contribution in [-0.4, -0.2) is 99.7 Å². The maximum Gasteiger partial charge on any atom is 0.327 e. The molecule has 0 unspecified atom stereocenters. The Morgan fingerprint density at radius 1 is 0.706 bits per heavy atom. The van der Waals surface area contributed by atoms with Crippen molar-refractivity contribution < 1.29 is 50.4 Å². The molecule has 0 heterocycles. The summed E-state index contributed by atoms with van der Waals surface area (Å²) in [5, 5.41) is 70.8. The molecule has 1 aromatic carbocycles. The Kier molecular flexibility index (Phi) is 18.6. The van der Waals surface area contributed by atoms with E-state index in [2.05, 4.69) is 6.58 Å². The van der Waals surface area contributed by atoms with E-state index in [0.717, 1.165) is 6.08 Å². The molecule has 8 N–H and O–H groups in total. The van der Waals surface area contributed by atoms with Gasteiger partial charge in [0.15, 0.2) is 5.75 Å². The van der Waals surface area contributed by atoms with Crippen molar-refractivity contribution in [3.63, 3.8) is 0 Å². The third-order valence-electron chi connectivity index (χ3n) is 4.19. The number of aromatic hydroxyl groups is 1. The monoisotopic (exact) mass is 590 g/mol. The first-order valence-electron chi connectivity index (χ1n) is 9.10. The molecule has 0 saturated carbocycles. The zero-order chi connectivity index (χ0) is 27.1. The molecular weight excluding hydrogens is 565 g/mol. The fraction of sp³-hybridized carbons (Fsp3) is 0.526. The van der Waals surface area contributed by atoms with E-state index in [1.54, 1.807) is 0 Å². The van der Waals surface area contributed by atoms with E-state index in [-0.39, 0.29) is 44.1 Å². The van der Waals surface area contributed by atoms with Crippen LogP contribution in [0.25, 0.3) is 0 Å². The maximum atomic E-state index is 9.25. The van der Waals surface area contributed by atoms with E-state index in [9.17, 15) is 9.90 Å². The topological polar surface area (TPSA) is 188 Å². The Bertz CT molecular complexity index is 629. The Morgan fingerprint density at radius 2 is 0.941 bits per heavy atom. The van der Waals surface area contributed by atoms with Gasteiger partial charge in [0, 0.05) is 6.08 Å². The first-order valence-corrected chi connectivity index (χ1v) is 11.0. The lowest BCUT2D eigenvalue weighted by molar-refractivity contribution is -0.131. The third kappa shape index (κ3) is 11.0. The van der Waals surface area contributed by atoms with Gasteiger partial charge < -0.3 is 45.6 Å². The minimum atomic E-state index is -1.16. The van der Waals surface area contributed by atoms with Gasteiger partial charge in [-0.05, 0) is 0 Å². The summed E-state index contributed by atoms with van der Waals surface area (Å²) < 4.78 is 5.15. The van der Waals surface area contributed by atoms with Crippen LogP contribution in [0.3, 0.4) is 0 Å². The lowest BCUT2D eigenvalue weighted by Gasteiger charge is -2.31. The fourth-order valence-corrected chi connectivity index (χ4v) is 2.78. The second-order valence-corrected chi connectivity index (χ2v) is 8.79. The van der Waals surface area contributed by atoms with Gasteiger partial charge >= 0.3 is 5.97 Å². The Hall–Kier alpha value is -0.600. The van der Waals surface area contributed by atoms with E-state index in [0.29, 0.717) is 0 Å². The van der Waals surface area contributed by atoms with Crippen molar-refractivity contribution in [3.8, 4) is 5.75 Å². The van der Waals surface area contributed by atoms with Crippen molar-refractivity contribution in [1.82, 2.24) is 0 Å². The quantitative estimate of drug-likeness (QED) is 0.107. The minimum Gasteiger partial charge on any atom is -0.505 e. The molecule has 0 aromatic heterocycles. The molecule has 198 valence electrons. The van der Waals surface area contributed by atoms with Crippen molar-refractivity contribution in [2.24, 2.45) is 10.8 Å². The number of rotatable bonds is 11. The molecule has 0 atom stereocenters. The zero-order valence-corrected chi connectivity index (χ0v) is 21.5. The lowest BCUT2D eigenvalue weighted by Crippen LogP contribution is -2.43. The lowest BCUT2D eigenvalue weighted by atomic mass is 9.91. The van der Waals surface area contributed by atoms with Crippen LogP contribution in [0.4, 0.5) is 0 Å². The number of benzene rings is 1. The molecule has 0 bridgehead atoms. The van der Waals surface area contributed by atoms with Gasteiger partial charge in [0.1, 0.15) is 10.0 Å². The summed E-state index contributed by atoms with van der Waals surface area (Å²) in [6.45, 7) is -0.0446. The summed E-state index contributed by atoms with van der Waals surface area (Å²) in [6.07, 6.45) is 0.833. The van der Waals surface area contributed by atoms with Crippen molar-refractivity contribution in [2.75, 3.05) is 52.9 Å². The number of carbonyl (C=O) groups is 1. The van der Waals surface area contributed by atoms with E-state index in [1.807, 2.05) is 0 Å². The predicted octanol–water partition coefficient (Wildman–Crippen LogP) is 1.85. The molecule has 1 rings (SSSR count).